The van der Waals surface area contributed by atoms with E-state index in [9.17, 15) is 19.2 Å². The molecule has 1 aromatic heterocycles. The fourth-order valence-corrected chi connectivity index (χ4v) is 2.80. The van der Waals surface area contributed by atoms with Gasteiger partial charge < -0.3 is 19.8 Å². The number of aryl methyl sites for hydroxylation is 1. The average Bonchev–Trinajstić information content (AvgIpc) is 2.96. The van der Waals surface area contributed by atoms with Gasteiger partial charge in [-0.1, -0.05) is 12.1 Å². The summed E-state index contributed by atoms with van der Waals surface area (Å²) in [7, 11) is 0. The van der Waals surface area contributed by atoms with Gasteiger partial charge in [0.25, 0.3) is 5.91 Å². The largest absolute Gasteiger partial charge is 0.462 e. The van der Waals surface area contributed by atoms with Gasteiger partial charge in [-0.2, -0.15) is 0 Å². The predicted molar refractivity (Wildman–Crippen MR) is 106 cm³/mol. The van der Waals surface area contributed by atoms with E-state index in [1.165, 1.54) is 13.8 Å². The van der Waals surface area contributed by atoms with Crippen LogP contribution in [0.3, 0.4) is 0 Å². The molecular formula is C21H24N2O6. The summed E-state index contributed by atoms with van der Waals surface area (Å²) in [6.45, 7) is 8.01. The minimum absolute atomic E-state index is 0.0868. The van der Waals surface area contributed by atoms with Crippen LogP contribution in [0.1, 0.15) is 63.2 Å². The molecule has 1 atom stereocenters. The number of amides is 1. The maximum absolute atomic E-state index is 12.5. The Morgan fingerprint density at radius 1 is 1.14 bits per heavy atom. The Morgan fingerprint density at radius 2 is 1.83 bits per heavy atom. The molecule has 1 aromatic carbocycles. The van der Waals surface area contributed by atoms with E-state index in [-0.39, 0.29) is 23.6 Å². The first-order valence-corrected chi connectivity index (χ1v) is 9.14. The van der Waals surface area contributed by atoms with Crippen molar-refractivity contribution in [1.29, 1.82) is 0 Å². The molecule has 0 bridgehead atoms. The van der Waals surface area contributed by atoms with Gasteiger partial charge in [0.1, 0.15) is 5.69 Å². The van der Waals surface area contributed by atoms with Crippen LogP contribution in [-0.4, -0.2) is 41.3 Å². The zero-order valence-electron chi connectivity index (χ0n) is 17.0. The summed E-state index contributed by atoms with van der Waals surface area (Å²) in [4.78, 5) is 51.2. The van der Waals surface area contributed by atoms with E-state index in [1.54, 1.807) is 45.0 Å². The maximum atomic E-state index is 12.5. The van der Waals surface area contributed by atoms with Crippen molar-refractivity contribution in [2.45, 2.75) is 40.7 Å². The second-order valence-electron chi connectivity index (χ2n) is 6.52. The minimum atomic E-state index is -1.10. The molecule has 0 fully saturated rings. The van der Waals surface area contributed by atoms with E-state index in [0.717, 1.165) is 0 Å². The Hall–Kier alpha value is -3.42. The topological polar surface area (TPSA) is 115 Å². The molecule has 0 spiro atoms. The van der Waals surface area contributed by atoms with Crippen molar-refractivity contribution in [1.82, 2.24) is 4.98 Å². The molecule has 8 nitrogen and oxygen atoms in total. The minimum Gasteiger partial charge on any atom is -0.462 e. The summed E-state index contributed by atoms with van der Waals surface area (Å²) in [6.07, 6.45) is -1.10. The highest BCUT2D eigenvalue weighted by Gasteiger charge is 2.26. The van der Waals surface area contributed by atoms with Crippen LogP contribution in [0.15, 0.2) is 24.3 Å². The highest BCUT2D eigenvalue weighted by atomic mass is 16.5. The highest BCUT2D eigenvalue weighted by Crippen LogP contribution is 2.20. The number of H-pyrrole nitrogens is 1. The van der Waals surface area contributed by atoms with Crippen LogP contribution in [0, 0.1) is 13.8 Å². The molecule has 1 amide bonds. The SMILES string of the molecule is CCOC(=O)c1c(C)[nH]c(C(=O)O[C@@H](C)C(=O)Nc2cccc(C(C)=O)c2)c1C. The van der Waals surface area contributed by atoms with Crippen LogP contribution >= 0.6 is 0 Å². The van der Waals surface area contributed by atoms with Gasteiger partial charge in [0.2, 0.25) is 0 Å². The zero-order chi connectivity index (χ0) is 21.7. The van der Waals surface area contributed by atoms with Crippen LogP contribution in [0.25, 0.3) is 0 Å². The third-order valence-corrected chi connectivity index (χ3v) is 4.31. The third kappa shape index (κ3) is 5.10. The predicted octanol–water partition coefficient (Wildman–Crippen LogP) is 3.19. The van der Waals surface area contributed by atoms with Gasteiger partial charge in [-0.05, 0) is 52.3 Å². The quantitative estimate of drug-likeness (QED) is 0.545. The van der Waals surface area contributed by atoms with Crippen molar-refractivity contribution in [2.75, 3.05) is 11.9 Å². The van der Waals surface area contributed by atoms with Gasteiger partial charge >= 0.3 is 11.9 Å². The van der Waals surface area contributed by atoms with E-state index in [4.69, 9.17) is 9.47 Å². The standard InChI is InChI=1S/C21H24N2O6/c1-6-28-20(26)17-11(2)18(22-12(17)3)21(27)29-14(5)19(25)23-16-9-7-8-15(10-16)13(4)24/h7-10,14,22H,6H2,1-5H3,(H,23,25)/t14-/m0/s1. The number of hydrogen-bond acceptors (Lipinski definition) is 6. The number of ketones is 1. The molecule has 0 aliphatic rings. The van der Waals surface area contributed by atoms with Gasteiger partial charge in [-0.15, -0.1) is 0 Å². The number of benzene rings is 1. The van der Waals surface area contributed by atoms with E-state index in [1.807, 2.05) is 0 Å². The molecule has 29 heavy (non-hydrogen) atoms. The average molecular weight is 400 g/mol. The molecule has 0 saturated heterocycles. The van der Waals surface area contributed by atoms with E-state index < -0.39 is 23.9 Å². The number of ether oxygens (including phenoxy) is 2. The number of aromatic nitrogens is 1. The molecule has 2 aromatic rings. The number of carbonyl (C=O) groups is 4. The molecule has 0 radical (unpaired) electrons. The highest BCUT2D eigenvalue weighted by molar-refractivity contribution is 6.01. The van der Waals surface area contributed by atoms with Crippen LogP contribution < -0.4 is 5.32 Å². The second-order valence-corrected chi connectivity index (χ2v) is 6.52. The smallest absolute Gasteiger partial charge is 0.355 e. The Morgan fingerprint density at radius 3 is 2.45 bits per heavy atom. The number of aromatic amines is 1. The van der Waals surface area contributed by atoms with Crippen molar-refractivity contribution in [2.24, 2.45) is 0 Å². The summed E-state index contributed by atoms with van der Waals surface area (Å²) in [5, 5.41) is 2.61. The van der Waals surface area contributed by atoms with Crippen molar-refractivity contribution >= 4 is 29.3 Å². The fourth-order valence-electron chi connectivity index (χ4n) is 2.80. The van der Waals surface area contributed by atoms with Crippen LogP contribution in [0.2, 0.25) is 0 Å². The molecule has 1 heterocycles. The number of nitrogens with one attached hydrogen (secondary N) is 2. The van der Waals surface area contributed by atoms with Crippen LogP contribution in [0.4, 0.5) is 5.69 Å². The lowest BCUT2D eigenvalue weighted by atomic mass is 10.1. The first-order valence-electron chi connectivity index (χ1n) is 9.14. The Kier molecular flexibility index (Phi) is 6.93. The molecule has 154 valence electrons. The van der Waals surface area contributed by atoms with Crippen LogP contribution in [-0.2, 0) is 14.3 Å². The van der Waals surface area contributed by atoms with E-state index in [2.05, 4.69) is 10.3 Å². The van der Waals surface area contributed by atoms with Crippen molar-refractivity contribution < 1.29 is 28.7 Å². The summed E-state index contributed by atoms with van der Waals surface area (Å²) < 4.78 is 10.2. The summed E-state index contributed by atoms with van der Waals surface area (Å²) in [6, 6.07) is 6.45. The Bertz CT molecular complexity index is 960. The van der Waals surface area contributed by atoms with Gasteiger partial charge in [0, 0.05) is 16.9 Å². The zero-order valence-corrected chi connectivity index (χ0v) is 17.0. The third-order valence-electron chi connectivity index (χ3n) is 4.31. The molecule has 2 rings (SSSR count). The summed E-state index contributed by atoms with van der Waals surface area (Å²) in [5.41, 5.74) is 2.11. The van der Waals surface area contributed by atoms with E-state index >= 15 is 0 Å². The van der Waals surface area contributed by atoms with E-state index in [0.29, 0.717) is 22.5 Å². The lowest BCUT2D eigenvalue weighted by Crippen LogP contribution is -2.30. The number of hydrogen-bond donors (Lipinski definition) is 2. The first-order chi connectivity index (χ1) is 13.6. The summed E-state index contributed by atoms with van der Waals surface area (Å²) in [5.74, 6) is -1.98. The monoisotopic (exact) mass is 400 g/mol. The second kappa shape index (κ2) is 9.18. The molecule has 2 N–H and O–H groups in total. The maximum Gasteiger partial charge on any atom is 0.355 e. The van der Waals surface area contributed by atoms with Gasteiger partial charge in [-0.25, -0.2) is 9.59 Å². The van der Waals surface area contributed by atoms with Gasteiger partial charge in [0.05, 0.1) is 12.2 Å². The van der Waals surface area contributed by atoms with Gasteiger partial charge in [-0.3, -0.25) is 9.59 Å². The Labute approximate surface area is 168 Å². The molecule has 0 saturated carbocycles. The van der Waals surface area contributed by atoms with Crippen molar-refractivity contribution in [3.05, 3.63) is 52.3 Å². The number of anilines is 1. The number of esters is 2. The van der Waals surface area contributed by atoms with Gasteiger partial charge in [0.15, 0.2) is 11.9 Å². The Balaban J connectivity index is 2.10. The lowest BCUT2D eigenvalue weighted by Gasteiger charge is -2.14. The molecular weight excluding hydrogens is 376 g/mol. The fraction of sp³-hybridized carbons (Fsp3) is 0.333. The number of carbonyl (C=O) groups excluding carboxylic acids is 4. The first kappa shape index (κ1) is 21.9. The lowest BCUT2D eigenvalue weighted by molar-refractivity contribution is -0.123. The molecule has 0 unspecified atom stereocenters. The van der Waals surface area contributed by atoms with Crippen LogP contribution in [0.5, 0.6) is 0 Å². The normalized spacial score (nSPS) is 11.5. The number of Topliss-reactive ketones (excluding diaryl/α,β-unsaturated/α-hetero) is 1. The molecule has 8 heteroatoms. The van der Waals surface area contributed by atoms with Crippen molar-refractivity contribution in [3.8, 4) is 0 Å². The molecule has 0 aliphatic carbocycles. The molecule has 0 aliphatic heterocycles. The summed E-state index contributed by atoms with van der Waals surface area (Å²) >= 11 is 0. The number of rotatable bonds is 7. The van der Waals surface area contributed by atoms with Crippen molar-refractivity contribution in [3.63, 3.8) is 0 Å².